The van der Waals surface area contributed by atoms with E-state index in [1.54, 1.807) is 0 Å². The van der Waals surface area contributed by atoms with Crippen LogP contribution in [-0.4, -0.2) is 20.8 Å². The van der Waals surface area contributed by atoms with Crippen LogP contribution in [0.15, 0.2) is 6.33 Å². The molecule has 11 heavy (non-hydrogen) atoms. The molecule has 0 saturated heterocycles. The first-order valence-corrected chi connectivity index (χ1v) is 3.56. The van der Waals surface area contributed by atoms with Crippen LogP contribution >= 0.6 is 0 Å². The van der Waals surface area contributed by atoms with Crippen LogP contribution in [0.5, 0.6) is 0 Å². The van der Waals surface area contributed by atoms with Crippen molar-refractivity contribution in [2.45, 2.75) is 33.0 Å². The van der Waals surface area contributed by atoms with E-state index in [4.69, 9.17) is 4.74 Å². The molecule has 0 aliphatic rings. The lowest BCUT2D eigenvalue weighted by Crippen LogP contribution is -2.19. The van der Waals surface area contributed by atoms with Crippen LogP contribution in [0.2, 0.25) is 0 Å². The topological polar surface area (TPSA) is 50.8 Å². The summed E-state index contributed by atoms with van der Waals surface area (Å²) in [5.74, 6) is 0.764. The predicted molar refractivity (Wildman–Crippen MR) is 40.9 cm³/mol. The van der Waals surface area contributed by atoms with Gasteiger partial charge in [0.2, 0.25) is 0 Å². The Balaban J connectivity index is 2.35. The molecule has 1 rings (SSSR count). The Morgan fingerprint density at radius 1 is 1.55 bits per heavy atom. The minimum atomic E-state index is -0.118. The second-order valence-electron chi connectivity index (χ2n) is 3.33. The predicted octanol–water partition coefficient (Wildman–Crippen LogP) is 1.12. The van der Waals surface area contributed by atoms with Gasteiger partial charge >= 0.3 is 0 Å². The van der Waals surface area contributed by atoms with Crippen LogP contribution in [-0.2, 0) is 11.3 Å². The lowest BCUT2D eigenvalue weighted by molar-refractivity contribution is -0.0180. The van der Waals surface area contributed by atoms with Crippen LogP contribution in [0.25, 0.3) is 0 Å². The lowest BCUT2D eigenvalue weighted by Gasteiger charge is -2.18. The fraction of sp³-hybridized carbons (Fsp3) is 0.714. The highest BCUT2D eigenvalue weighted by Crippen LogP contribution is 2.08. The maximum atomic E-state index is 5.44. The SMILES string of the molecule is CC(C)(C)OCc1ncn[nH]1. The highest BCUT2D eigenvalue weighted by molar-refractivity contribution is 4.76. The Morgan fingerprint density at radius 2 is 2.27 bits per heavy atom. The molecule has 0 aliphatic heterocycles. The van der Waals surface area contributed by atoms with Crippen molar-refractivity contribution < 1.29 is 4.74 Å². The maximum Gasteiger partial charge on any atom is 0.150 e. The van der Waals surface area contributed by atoms with Gasteiger partial charge in [-0.05, 0) is 20.8 Å². The van der Waals surface area contributed by atoms with Gasteiger partial charge in [0.1, 0.15) is 18.8 Å². The molecule has 0 radical (unpaired) electrons. The van der Waals surface area contributed by atoms with Gasteiger partial charge in [0.25, 0.3) is 0 Å². The van der Waals surface area contributed by atoms with Crippen molar-refractivity contribution in [3.05, 3.63) is 12.2 Å². The summed E-state index contributed by atoms with van der Waals surface area (Å²) in [6.45, 7) is 6.50. The van der Waals surface area contributed by atoms with E-state index < -0.39 is 0 Å². The number of aromatic nitrogens is 3. The molecule has 1 heterocycles. The molecule has 4 nitrogen and oxygen atoms in total. The summed E-state index contributed by atoms with van der Waals surface area (Å²) >= 11 is 0. The third kappa shape index (κ3) is 3.13. The number of rotatable bonds is 2. The molecule has 0 bridgehead atoms. The summed E-state index contributed by atoms with van der Waals surface area (Å²) in [5, 5.41) is 6.43. The summed E-state index contributed by atoms with van der Waals surface area (Å²) in [7, 11) is 0. The molecule has 0 aliphatic carbocycles. The quantitative estimate of drug-likeness (QED) is 0.696. The normalized spacial score (nSPS) is 11.9. The molecule has 4 heteroatoms. The molecule has 1 aromatic heterocycles. The van der Waals surface area contributed by atoms with Crippen LogP contribution in [0.3, 0.4) is 0 Å². The first-order valence-electron chi connectivity index (χ1n) is 3.56. The second-order valence-corrected chi connectivity index (χ2v) is 3.33. The number of H-pyrrole nitrogens is 1. The fourth-order valence-electron chi connectivity index (χ4n) is 0.585. The van der Waals surface area contributed by atoms with Gasteiger partial charge in [-0.2, -0.15) is 5.10 Å². The number of hydrogen-bond donors (Lipinski definition) is 1. The summed E-state index contributed by atoms with van der Waals surface area (Å²) in [4.78, 5) is 3.93. The van der Waals surface area contributed by atoms with E-state index in [1.807, 2.05) is 20.8 Å². The summed E-state index contributed by atoms with van der Waals surface area (Å²) in [6, 6.07) is 0. The first kappa shape index (κ1) is 8.20. The Hall–Kier alpha value is -0.900. The average Bonchev–Trinajstić information content (AvgIpc) is 2.32. The number of nitrogens with zero attached hydrogens (tertiary/aromatic N) is 2. The van der Waals surface area contributed by atoms with E-state index in [1.165, 1.54) is 6.33 Å². The summed E-state index contributed by atoms with van der Waals surface area (Å²) < 4.78 is 5.44. The van der Waals surface area contributed by atoms with Crippen molar-refractivity contribution in [3.63, 3.8) is 0 Å². The average molecular weight is 155 g/mol. The highest BCUT2D eigenvalue weighted by atomic mass is 16.5. The Kier molecular flexibility index (Phi) is 2.24. The number of nitrogens with one attached hydrogen (secondary N) is 1. The van der Waals surface area contributed by atoms with Crippen molar-refractivity contribution in [2.75, 3.05) is 0 Å². The Bertz CT molecular complexity index is 200. The van der Waals surface area contributed by atoms with Gasteiger partial charge in [-0.3, -0.25) is 5.10 Å². The van der Waals surface area contributed by atoms with Crippen molar-refractivity contribution >= 4 is 0 Å². The number of hydrogen-bond acceptors (Lipinski definition) is 3. The molecule has 0 aromatic carbocycles. The minimum Gasteiger partial charge on any atom is -0.368 e. The van der Waals surface area contributed by atoms with Crippen molar-refractivity contribution in [2.24, 2.45) is 0 Å². The van der Waals surface area contributed by atoms with Crippen molar-refractivity contribution in [3.8, 4) is 0 Å². The molecule has 0 fully saturated rings. The van der Waals surface area contributed by atoms with Crippen LogP contribution < -0.4 is 0 Å². The molecule has 0 unspecified atom stereocenters. The smallest absolute Gasteiger partial charge is 0.150 e. The van der Waals surface area contributed by atoms with Gasteiger partial charge in [-0.25, -0.2) is 4.98 Å². The van der Waals surface area contributed by atoms with E-state index in [-0.39, 0.29) is 5.60 Å². The molecule has 0 amide bonds. The molecule has 0 spiro atoms. The van der Waals surface area contributed by atoms with Gasteiger partial charge < -0.3 is 4.74 Å². The zero-order valence-electron chi connectivity index (χ0n) is 7.09. The number of aromatic amines is 1. The standard InChI is InChI=1S/C7H13N3O/c1-7(2,3)11-4-6-8-5-9-10-6/h5H,4H2,1-3H3,(H,8,9,10). The third-order valence-corrected chi connectivity index (χ3v) is 1.11. The Morgan fingerprint density at radius 3 is 2.73 bits per heavy atom. The fourth-order valence-corrected chi connectivity index (χ4v) is 0.585. The van der Waals surface area contributed by atoms with Crippen molar-refractivity contribution in [1.29, 1.82) is 0 Å². The van der Waals surface area contributed by atoms with Gasteiger partial charge in [0.15, 0.2) is 0 Å². The zero-order chi connectivity index (χ0) is 8.32. The van der Waals surface area contributed by atoms with E-state index in [0.717, 1.165) is 5.82 Å². The molecule has 0 saturated carbocycles. The minimum absolute atomic E-state index is 0.118. The lowest BCUT2D eigenvalue weighted by atomic mass is 10.2. The van der Waals surface area contributed by atoms with E-state index in [2.05, 4.69) is 15.2 Å². The van der Waals surface area contributed by atoms with Crippen LogP contribution in [0, 0.1) is 0 Å². The van der Waals surface area contributed by atoms with Crippen LogP contribution in [0.1, 0.15) is 26.6 Å². The zero-order valence-corrected chi connectivity index (χ0v) is 7.09. The van der Waals surface area contributed by atoms with E-state index in [9.17, 15) is 0 Å². The number of ether oxygens (including phenoxy) is 1. The summed E-state index contributed by atoms with van der Waals surface area (Å²) in [5.41, 5.74) is -0.118. The first-order chi connectivity index (χ1) is 5.08. The Labute approximate surface area is 66.0 Å². The van der Waals surface area contributed by atoms with Gasteiger partial charge in [-0.15, -0.1) is 0 Å². The molecule has 1 N–H and O–H groups in total. The second kappa shape index (κ2) is 3.00. The van der Waals surface area contributed by atoms with Gasteiger partial charge in [0.05, 0.1) is 5.60 Å². The third-order valence-electron chi connectivity index (χ3n) is 1.11. The summed E-state index contributed by atoms with van der Waals surface area (Å²) in [6.07, 6.45) is 1.47. The van der Waals surface area contributed by atoms with Gasteiger partial charge in [-0.1, -0.05) is 0 Å². The van der Waals surface area contributed by atoms with Crippen molar-refractivity contribution in [1.82, 2.24) is 15.2 Å². The maximum absolute atomic E-state index is 5.44. The van der Waals surface area contributed by atoms with Gasteiger partial charge in [0, 0.05) is 0 Å². The highest BCUT2D eigenvalue weighted by Gasteiger charge is 2.10. The molecular weight excluding hydrogens is 142 g/mol. The largest absolute Gasteiger partial charge is 0.368 e. The molecular formula is C7H13N3O. The molecule has 1 aromatic rings. The molecule has 0 atom stereocenters. The monoisotopic (exact) mass is 155 g/mol. The van der Waals surface area contributed by atoms with Crippen LogP contribution in [0.4, 0.5) is 0 Å². The van der Waals surface area contributed by atoms with E-state index >= 15 is 0 Å². The van der Waals surface area contributed by atoms with E-state index in [0.29, 0.717) is 6.61 Å². The molecule has 62 valence electrons.